The molecule has 1 saturated carbocycles. The summed E-state index contributed by atoms with van der Waals surface area (Å²) in [5, 5.41) is 16.9. The Kier molecular flexibility index (Phi) is 8.30. The summed E-state index contributed by atoms with van der Waals surface area (Å²) in [5.74, 6) is -2.88. The third-order valence-electron chi connectivity index (χ3n) is 6.17. The molecule has 1 aliphatic rings. The van der Waals surface area contributed by atoms with Crippen molar-refractivity contribution >= 4 is 34.8 Å². The van der Waals surface area contributed by atoms with E-state index >= 15 is 0 Å². The van der Waals surface area contributed by atoms with Gasteiger partial charge in [-0.05, 0) is 42.5 Å². The molecule has 3 aromatic rings. The van der Waals surface area contributed by atoms with Gasteiger partial charge in [0.1, 0.15) is 17.8 Å². The number of nitrogens with zero attached hydrogens (tertiary/aromatic N) is 1. The first kappa shape index (κ1) is 27.1. The van der Waals surface area contributed by atoms with Crippen LogP contribution in [0, 0.1) is 23.6 Å². The molecule has 1 aliphatic carbocycles. The summed E-state index contributed by atoms with van der Waals surface area (Å²) < 4.78 is 26.4. The average molecular weight is 545 g/mol. The molecule has 4 rings (SSSR count). The maximum absolute atomic E-state index is 14.9. The van der Waals surface area contributed by atoms with Crippen LogP contribution in [-0.2, 0) is 14.3 Å². The Hall–Kier alpha value is -3.93. The summed E-state index contributed by atoms with van der Waals surface area (Å²) in [7, 11) is 1.50. The molecule has 12 heteroatoms. The lowest BCUT2D eigenvalue weighted by atomic mass is 10.2. The molecule has 38 heavy (non-hydrogen) atoms. The summed E-state index contributed by atoms with van der Waals surface area (Å²) in [6, 6.07) is 13.2. The largest absolute Gasteiger partial charge is 0.484 e. The van der Waals surface area contributed by atoms with Crippen LogP contribution < -0.4 is 26.7 Å². The van der Waals surface area contributed by atoms with Gasteiger partial charge in [-0.3, -0.25) is 19.0 Å². The van der Waals surface area contributed by atoms with Crippen LogP contribution in [0.2, 0.25) is 5.02 Å². The van der Waals surface area contributed by atoms with Crippen LogP contribution in [0.4, 0.5) is 15.8 Å². The van der Waals surface area contributed by atoms with E-state index in [-0.39, 0.29) is 42.2 Å². The number of benzene rings is 2. The molecule has 5 N–H and O–H groups in total. The first-order chi connectivity index (χ1) is 18.2. The molecular weight excluding hydrogens is 519 g/mol. The molecule has 2 amide bonds. The number of carbonyl (C=O) groups is 2. The van der Waals surface area contributed by atoms with Crippen LogP contribution in [-0.4, -0.2) is 48.0 Å². The Morgan fingerprint density at radius 2 is 1.92 bits per heavy atom. The highest BCUT2D eigenvalue weighted by atomic mass is 35.5. The first-order valence-electron chi connectivity index (χ1n) is 11.6. The second kappa shape index (κ2) is 11.6. The van der Waals surface area contributed by atoms with E-state index in [1.165, 1.54) is 36.1 Å². The summed E-state index contributed by atoms with van der Waals surface area (Å²) in [6.45, 7) is -0.137. The lowest BCUT2D eigenvalue weighted by Crippen LogP contribution is -2.26. The van der Waals surface area contributed by atoms with E-state index in [0.717, 1.165) is 12.1 Å². The molecule has 1 aromatic heterocycles. The number of amides is 2. The number of aliphatic hydroxyl groups is 1. The van der Waals surface area contributed by atoms with E-state index in [2.05, 4.69) is 10.6 Å². The fourth-order valence-electron chi connectivity index (χ4n) is 4.31. The van der Waals surface area contributed by atoms with Crippen molar-refractivity contribution in [3.8, 4) is 11.4 Å². The molecular formula is C26H26ClFN4O6. The summed E-state index contributed by atoms with van der Waals surface area (Å²) in [4.78, 5) is 36.1. The SMILES string of the molecule is COC[C@H]1[C@H](C(=O)Nc2ccc(Cl)cc2)[C@@H]1C(O)Nc1ccc(-n2ccc(OCC(N)=O)cc2=O)cc1F. The number of primary amides is 1. The second-order valence-corrected chi connectivity index (χ2v) is 9.23. The van der Waals surface area contributed by atoms with Crippen LogP contribution in [0.1, 0.15) is 0 Å². The third kappa shape index (κ3) is 6.31. The highest BCUT2D eigenvalue weighted by molar-refractivity contribution is 6.30. The highest BCUT2D eigenvalue weighted by Gasteiger charge is 2.58. The number of nitrogens with one attached hydrogen (secondary N) is 2. The topological polar surface area (TPSA) is 145 Å². The van der Waals surface area contributed by atoms with Crippen molar-refractivity contribution in [2.24, 2.45) is 23.5 Å². The summed E-state index contributed by atoms with van der Waals surface area (Å²) in [5.41, 5.74) is 5.31. The Labute approximate surface area is 222 Å². The first-order valence-corrected chi connectivity index (χ1v) is 12.0. The molecule has 0 bridgehead atoms. The average Bonchev–Trinajstić information content (AvgIpc) is 3.60. The number of anilines is 2. The van der Waals surface area contributed by atoms with Crippen molar-refractivity contribution in [3.63, 3.8) is 0 Å². The smallest absolute Gasteiger partial charge is 0.258 e. The maximum atomic E-state index is 14.9. The zero-order valence-electron chi connectivity index (χ0n) is 20.3. The van der Waals surface area contributed by atoms with E-state index < -0.39 is 35.3 Å². The predicted octanol–water partition coefficient (Wildman–Crippen LogP) is 2.37. The van der Waals surface area contributed by atoms with Crippen LogP contribution in [0.15, 0.2) is 65.6 Å². The van der Waals surface area contributed by atoms with Crippen molar-refractivity contribution in [1.82, 2.24) is 4.57 Å². The highest BCUT2D eigenvalue weighted by Crippen LogP contribution is 2.49. The molecule has 1 heterocycles. The lowest BCUT2D eigenvalue weighted by molar-refractivity contribution is -0.120. The fraction of sp³-hybridized carbons (Fsp3) is 0.269. The Balaban J connectivity index is 1.43. The monoisotopic (exact) mass is 544 g/mol. The van der Waals surface area contributed by atoms with Crippen molar-refractivity contribution in [2.45, 2.75) is 6.23 Å². The molecule has 0 aliphatic heterocycles. The maximum Gasteiger partial charge on any atom is 0.258 e. The minimum absolute atomic E-state index is 0.00404. The van der Waals surface area contributed by atoms with Crippen molar-refractivity contribution in [1.29, 1.82) is 0 Å². The molecule has 4 atom stereocenters. The lowest BCUT2D eigenvalue weighted by Gasteiger charge is -2.16. The van der Waals surface area contributed by atoms with Gasteiger partial charge in [0.2, 0.25) is 5.91 Å². The van der Waals surface area contributed by atoms with Crippen LogP contribution in [0.25, 0.3) is 5.69 Å². The van der Waals surface area contributed by atoms with Gasteiger partial charge in [0.25, 0.3) is 11.5 Å². The van der Waals surface area contributed by atoms with E-state index in [1.807, 2.05) is 0 Å². The van der Waals surface area contributed by atoms with Crippen LogP contribution >= 0.6 is 11.6 Å². The number of rotatable bonds is 11. The quantitative estimate of drug-likeness (QED) is 0.271. The molecule has 0 radical (unpaired) electrons. The van der Waals surface area contributed by atoms with Gasteiger partial charge in [0.15, 0.2) is 6.61 Å². The number of carbonyl (C=O) groups excluding carboxylic acids is 2. The number of halogens is 2. The van der Waals surface area contributed by atoms with Crippen molar-refractivity contribution in [2.75, 3.05) is 31.0 Å². The predicted molar refractivity (Wildman–Crippen MR) is 139 cm³/mol. The standard InChI is InChI=1S/C26H26ClFN4O6/c1-37-12-18-23(25(35)30-15-4-2-14(27)3-5-15)24(18)26(36)31-20-7-6-16(10-19(20)28)32-9-8-17(11-22(32)34)38-13-21(29)33/h2-11,18,23-24,26,31,36H,12-13H2,1H3,(H2,29,33)(H,30,35)/t18-,23-,24+,26?/m0/s1. The Bertz CT molecular complexity index is 1380. The molecule has 1 fully saturated rings. The number of pyridine rings is 1. The van der Waals surface area contributed by atoms with E-state index in [1.54, 1.807) is 24.3 Å². The van der Waals surface area contributed by atoms with E-state index in [4.69, 9.17) is 26.8 Å². The summed E-state index contributed by atoms with van der Waals surface area (Å²) >= 11 is 5.88. The minimum atomic E-state index is -1.24. The second-order valence-electron chi connectivity index (χ2n) is 8.80. The van der Waals surface area contributed by atoms with Gasteiger partial charge >= 0.3 is 0 Å². The van der Waals surface area contributed by atoms with E-state index in [9.17, 15) is 23.9 Å². The zero-order valence-corrected chi connectivity index (χ0v) is 21.0. The van der Waals surface area contributed by atoms with Gasteiger partial charge in [-0.1, -0.05) is 11.6 Å². The number of methoxy groups -OCH3 is 1. The van der Waals surface area contributed by atoms with Crippen LogP contribution in [0.5, 0.6) is 5.75 Å². The molecule has 10 nitrogen and oxygen atoms in total. The van der Waals surface area contributed by atoms with Gasteiger partial charge < -0.3 is 30.9 Å². The Morgan fingerprint density at radius 3 is 2.55 bits per heavy atom. The van der Waals surface area contributed by atoms with Crippen molar-refractivity contribution in [3.05, 3.63) is 82.0 Å². The number of nitrogens with two attached hydrogens (primary N) is 1. The van der Waals surface area contributed by atoms with Crippen molar-refractivity contribution < 1.29 is 28.6 Å². The molecule has 200 valence electrons. The zero-order chi connectivity index (χ0) is 27.4. The number of ether oxygens (including phenoxy) is 2. The molecule has 0 spiro atoms. The van der Waals surface area contributed by atoms with Crippen LogP contribution in [0.3, 0.4) is 0 Å². The summed E-state index contributed by atoms with van der Waals surface area (Å²) in [6.07, 6.45) is 0.139. The fourth-order valence-corrected chi connectivity index (χ4v) is 4.44. The minimum Gasteiger partial charge on any atom is -0.484 e. The Morgan fingerprint density at radius 1 is 1.18 bits per heavy atom. The van der Waals surface area contributed by atoms with Gasteiger partial charge in [0.05, 0.1) is 23.9 Å². The number of hydrogen-bond acceptors (Lipinski definition) is 7. The van der Waals surface area contributed by atoms with Gasteiger partial charge in [-0.25, -0.2) is 4.39 Å². The van der Waals surface area contributed by atoms with Gasteiger partial charge in [0, 0.05) is 48.0 Å². The molecule has 1 unspecified atom stereocenters. The van der Waals surface area contributed by atoms with E-state index in [0.29, 0.717) is 10.7 Å². The number of aromatic nitrogens is 1. The van der Waals surface area contributed by atoms with Gasteiger partial charge in [-0.15, -0.1) is 0 Å². The number of hydrogen-bond donors (Lipinski definition) is 4. The molecule has 0 saturated heterocycles. The third-order valence-corrected chi connectivity index (χ3v) is 6.43. The molecule has 2 aromatic carbocycles. The van der Waals surface area contributed by atoms with Gasteiger partial charge in [-0.2, -0.15) is 0 Å². The number of aliphatic hydroxyl groups excluding tert-OH is 1. The normalized spacial score (nSPS) is 18.9.